The van der Waals surface area contributed by atoms with Gasteiger partial charge in [-0.25, -0.2) is 27.5 Å². The zero-order chi connectivity index (χ0) is 27.1. The minimum absolute atomic E-state index is 0.0110. The minimum atomic E-state index is -4.06. The van der Waals surface area contributed by atoms with E-state index in [4.69, 9.17) is 5.11 Å². The number of aromatic nitrogens is 2. The van der Waals surface area contributed by atoms with E-state index in [1.807, 2.05) is 6.07 Å². The third-order valence-corrected chi connectivity index (χ3v) is 7.56. The molecule has 0 saturated heterocycles. The number of carbonyl (C=O) groups is 1. The molecule has 0 aliphatic heterocycles. The molecule has 3 N–H and O–H groups in total. The lowest BCUT2D eigenvalue weighted by atomic mass is 9.79. The van der Waals surface area contributed by atoms with E-state index < -0.39 is 27.9 Å². The van der Waals surface area contributed by atoms with Gasteiger partial charge in [-0.05, 0) is 59.7 Å². The lowest BCUT2D eigenvalue weighted by molar-refractivity contribution is -0.134. The van der Waals surface area contributed by atoms with Gasteiger partial charge in [0.15, 0.2) is 5.03 Å². The largest absolute Gasteiger partial charge is 0.480 e. The minimum Gasteiger partial charge on any atom is -0.480 e. The van der Waals surface area contributed by atoms with Crippen LogP contribution in [0.1, 0.15) is 62.9 Å². The molecule has 0 spiro atoms. The van der Waals surface area contributed by atoms with Crippen LogP contribution in [0.5, 0.6) is 0 Å². The Morgan fingerprint density at radius 3 is 2.57 bits per heavy atom. The van der Waals surface area contributed by atoms with E-state index in [0.717, 1.165) is 24.8 Å². The highest BCUT2D eigenvalue weighted by Crippen LogP contribution is 2.31. The monoisotopic (exact) mass is 528 g/mol. The Kier molecular flexibility index (Phi) is 9.34. The number of benzene rings is 1. The second kappa shape index (κ2) is 12.2. The molecule has 0 aliphatic rings. The molecule has 2 heterocycles. The van der Waals surface area contributed by atoms with Gasteiger partial charge in [0.25, 0.3) is 10.0 Å². The van der Waals surface area contributed by atoms with Crippen LogP contribution < -0.4 is 10.0 Å². The van der Waals surface area contributed by atoms with Crippen molar-refractivity contribution in [1.29, 1.82) is 0 Å². The molecule has 37 heavy (non-hydrogen) atoms. The van der Waals surface area contributed by atoms with Crippen LogP contribution in [0, 0.1) is 5.82 Å². The van der Waals surface area contributed by atoms with Gasteiger partial charge >= 0.3 is 5.97 Å². The summed E-state index contributed by atoms with van der Waals surface area (Å²) in [4.78, 5) is 19.3. The number of carboxylic acids is 1. The Balaban J connectivity index is 1.95. The third kappa shape index (κ3) is 7.80. The van der Waals surface area contributed by atoms with Gasteiger partial charge in [-0.2, -0.15) is 0 Å². The number of hydrogen-bond acceptors (Lipinski definition) is 6. The normalized spacial score (nSPS) is 12.8. The van der Waals surface area contributed by atoms with Gasteiger partial charge in [-0.15, -0.1) is 0 Å². The van der Waals surface area contributed by atoms with Crippen molar-refractivity contribution in [2.24, 2.45) is 0 Å². The molecular formula is C27H33FN4O4S. The lowest BCUT2D eigenvalue weighted by Gasteiger charge is -2.26. The van der Waals surface area contributed by atoms with Gasteiger partial charge in [0.05, 0.1) is 11.7 Å². The van der Waals surface area contributed by atoms with E-state index in [1.54, 1.807) is 36.4 Å². The van der Waals surface area contributed by atoms with Crippen LogP contribution in [-0.2, 0) is 26.7 Å². The Bertz CT molecular complexity index is 1320. The fourth-order valence-electron chi connectivity index (χ4n) is 3.99. The predicted molar refractivity (Wildman–Crippen MR) is 140 cm³/mol. The number of nitrogens with one attached hydrogen (secondary N) is 2. The number of nitrogens with zero attached hydrogens (tertiary/aromatic N) is 2. The number of halogens is 1. The van der Waals surface area contributed by atoms with Crippen LogP contribution in [0.2, 0.25) is 0 Å². The smallest absolute Gasteiger partial charge is 0.322 e. The summed E-state index contributed by atoms with van der Waals surface area (Å²) in [5, 5.41) is 11.5. The van der Waals surface area contributed by atoms with Gasteiger partial charge in [0.1, 0.15) is 18.2 Å². The van der Waals surface area contributed by atoms with Crippen molar-refractivity contribution in [3.05, 3.63) is 83.4 Å². The Labute approximate surface area is 217 Å². The van der Waals surface area contributed by atoms with Crippen molar-refractivity contribution in [1.82, 2.24) is 14.7 Å². The van der Waals surface area contributed by atoms with E-state index >= 15 is 4.39 Å². The quantitative estimate of drug-likeness (QED) is 0.290. The van der Waals surface area contributed by atoms with Crippen LogP contribution in [0.3, 0.4) is 0 Å². The van der Waals surface area contributed by atoms with Crippen molar-refractivity contribution >= 4 is 21.8 Å². The van der Waals surface area contributed by atoms with Crippen LogP contribution in [-0.4, -0.2) is 36.0 Å². The molecule has 198 valence electrons. The number of anilines is 1. The first-order valence-electron chi connectivity index (χ1n) is 12.2. The van der Waals surface area contributed by atoms with Gasteiger partial charge < -0.3 is 10.4 Å². The summed E-state index contributed by atoms with van der Waals surface area (Å²) in [6.07, 6.45) is 4.37. The Morgan fingerprint density at radius 1 is 1.14 bits per heavy atom. The molecule has 8 nitrogen and oxygen atoms in total. The van der Waals surface area contributed by atoms with E-state index in [9.17, 15) is 13.2 Å². The van der Waals surface area contributed by atoms with Crippen molar-refractivity contribution in [2.45, 2.75) is 62.9 Å². The molecule has 0 saturated carbocycles. The molecule has 0 amide bonds. The maximum atomic E-state index is 15.3. The second-order valence-corrected chi connectivity index (χ2v) is 11.2. The van der Waals surface area contributed by atoms with E-state index in [0.29, 0.717) is 11.3 Å². The highest BCUT2D eigenvalue weighted by Gasteiger charge is 2.26. The summed E-state index contributed by atoms with van der Waals surface area (Å²) >= 11 is 0. The zero-order valence-corrected chi connectivity index (χ0v) is 22.1. The maximum Gasteiger partial charge on any atom is 0.322 e. The molecule has 3 rings (SSSR count). The number of hydrogen-bond donors (Lipinski definition) is 3. The first-order chi connectivity index (χ1) is 17.5. The highest BCUT2D eigenvalue weighted by atomic mass is 32.2. The van der Waals surface area contributed by atoms with Gasteiger partial charge in [-0.3, -0.25) is 4.79 Å². The van der Waals surface area contributed by atoms with Crippen LogP contribution in [0.15, 0.2) is 65.8 Å². The van der Waals surface area contributed by atoms with Crippen molar-refractivity contribution in [3.63, 3.8) is 0 Å². The van der Waals surface area contributed by atoms with Crippen LogP contribution >= 0.6 is 0 Å². The lowest BCUT2D eigenvalue weighted by Crippen LogP contribution is -2.31. The summed E-state index contributed by atoms with van der Waals surface area (Å²) in [6.45, 7) is 5.93. The van der Waals surface area contributed by atoms with Crippen molar-refractivity contribution in [3.8, 4) is 0 Å². The molecule has 0 bridgehead atoms. The Hall–Kier alpha value is -3.37. The molecule has 10 heteroatoms. The Morgan fingerprint density at radius 2 is 1.92 bits per heavy atom. The van der Waals surface area contributed by atoms with Gasteiger partial charge in [0, 0.05) is 6.20 Å². The van der Waals surface area contributed by atoms with Crippen molar-refractivity contribution < 1.29 is 22.7 Å². The molecule has 0 aliphatic carbocycles. The third-order valence-electron chi connectivity index (χ3n) is 6.17. The predicted octanol–water partition coefficient (Wildman–Crippen LogP) is 4.84. The van der Waals surface area contributed by atoms with Crippen molar-refractivity contribution in [2.75, 3.05) is 11.9 Å². The number of aliphatic carboxylic acids is 1. The number of pyridine rings is 2. The second-order valence-electron chi connectivity index (χ2n) is 9.53. The fourth-order valence-corrected chi connectivity index (χ4v) is 5.14. The van der Waals surface area contributed by atoms with E-state index in [1.165, 1.54) is 18.3 Å². The van der Waals surface area contributed by atoms with Gasteiger partial charge in [-0.1, -0.05) is 57.9 Å². The average molecular weight is 529 g/mol. The molecule has 3 aromatic rings. The first-order valence-corrected chi connectivity index (χ1v) is 13.6. The summed E-state index contributed by atoms with van der Waals surface area (Å²) in [6, 6.07) is 13.5. The van der Waals surface area contributed by atoms with Crippen LogP contribution in [0.4, 0.5) is 10.2 Å². The fraction of sp³-hybridized carbons (Fsp3) is 0.370. The van der Waals surface area contributed by atoms with Crippen LogP contribution in [0.25, 0.3) is 0 Å². The molecule has 1 aromatic carbocycles. The standard InChI is InChI=1S/C27H33FN4O4S/c1-4-5-14-27(2,3)20-13-12-19(21(28)17-20)16-23(32-37(35,36)25-11-6-7-15-29-25)22-9-8-10-24(31-22)30-18-26(33)34/h6-13,15,17,23,32H,4-5,14,16,18H2,1-3H3,(H,30,31)(H,33,34). The number of rotatable bonds is 13. The molecule has 2 aromatic heterocycles. The molecule has 0 fully saturated rings. The summed E-state index contributed by atoms with van der Waals surface area (Å²) in [5.41, 5.74) is 1.32. The average Bonchev–Trinajstić information content (AvgIpc) is 2.87. The number of sulfonamides is 1. The van der Waals surface area contributed by atoms with E-state index in [2.05, 4.69) is 40.8 Å². The van der Waals surface area contributed by atoms with E-state index in [-0.39, 0.29) is 29.2 Å². The topological polar surface area (TPSA) is 121 Å². The molecule has 0 radical (unpaired) electrons. The zero-order valence-electron chi connectivity index (χ0n) is 21.2. The SMILES string of the molecule is CCCCC(C)(C)c1ccc(CC(NS(=O)(=O)c2ccccn2)c2cccc(NCC(=O)O)n2)c(F)c1. The maximum absolute atomic E-state index is 15.3. The molecule has 1 atom stereocenters. The molecular weight excluding hydrogens is 495 g/mol. The summed E-state index contributed by atoms with van der Waals surface area (Å²) in [5.74, 6) is -1.23. The highest BCUT2D eigenvalue weighted by molar-refractivity contribution is 7.89. The number of unbranched alkanes of at least 4 members (excludes halogenated alkanes) is 1. The summed E-state index contributed by atoms with van der Waals surface area (Å²) < 4.78 is 44.1. The summed E-state index contributed by atoms with van der Waals surface area (Å²) in [7, 11) is -4.06. The molecule has 1 unspecified atom stereocenters. The first kappa shape index (κ1) is 28.2. The number of carboxylic acid groups (broad SMARTS) is 1. The van der Waals surface area contributed by atoms with Gasteiger partial charge in [0.2, 0.25) is 0 Å².